The van der Waals surface area contributed by atoms with Crippen molar-refractivity contribution in [3.05, 3.63) is 41.9 Å². The smallest absolute Gasteiger partial charge is 0.126 e. The van der Waals surface area contributed by atoms with Crippen LogP contribution in [0.15, 0.2) is 30.5 Å². The predicted octanol–water partition coefficient (Wildman–Crippen LogP) is 2.07. The molecule has 2 aromatic heterocycles. The lowest BCUT2D eigenvalue weighted by Crippen LogP contribution is -2.05. The molecular weight excluding hydrogens is 200 g/mol. The highest BCUT2D eigenvalue weighted by Crippen LogP contribution is 2.06. The SMILES string of the molecule is CCNc1cccc(Cn2ccc(C)n2)n1. The maximum absolute atomic E-state index is 4.50. The van der Waals surface area contributed by atoms with Crippen LogP contribution >= 0.6 is 0 Å². The van der Waals surface area contributed by atoms with Crippen LogP contribution in [0, 0.1) is 6.92 Å². The number of pyridine rings is 1. The number of rotatable bonds is 4. The van der Waals surface area contributed by atoms with E-state index in [4.69, 9.17) is 0 Å². The minimum absolute atomic E-state index is 0.715. The van der Waals surface area contributed by atoms with E-state index in [1.165, 1.54) is 0 Å². The summed E-state index contributed by atoms with van der Waals surface area (Å²) in [6, 6.07) is 7.99. The first-order valence-electron chi connectivity index (χ1n) is 5.48. The molecule has 2 aromatic rings. The number of nitrogens with one attached hydrogen (secondary N) is 1. The van der Waals surface area contributed by atoms with Gasteiger partial charge in [0.2, 0.25) is 0 Å². The van der Waals surface area contributed by atoms with Crippen molar-refractivity contribution in [2.75, 3.05) is 11.9 Å². The van der Waals surface area contributed by atoms with Crippen LogP contribution in [0.3, 0.4) is 0 Å². The predicted molar refractivity (Wildman–Crippen MR) is 64.5 cm³/mol. The molecule has 0 fully saturated rings. The lowest BCUT2D eigenvalue weighted by Gasteiger charge is -2.05. The summed E-state index contributed by atoms with van der Waals surface area (Å²) < 4.78 is 1.90. The average Bonchev–Trinajstić information content (AvgIpc) is 2.65. The van der Waals surface area contributed by atoms with E-state index in [0.29, 0.717) is 6.54 Å². The van der Waals surface area contributed by atoms with Crippen molar-refractivity contribution in [2.24, 2.45) is 0 Å². The van der Waals surface area contributed by atoms with Crippen molar-refractivity contribution in [3.63, 3.8) is 0 Å². The van der Waals surface area contributed by atoms with Crippen molar-refractivity contribution in [1.29, 1.82) is 0 Å². The Morgan fingerprint density at radius 2 is 2.19 bits per heavy atom. The van der Waals surface area contributed by atoms with Crippen molar-refractivity contribution < 1.29 is 0 Å². The normalized spacial score (nSPS) is 10.4. The highest BCUT2D eigenvalue weighted by molar-refractivity contribution is 5.35. The molecule has 4 nitrogen and oxygen atoms in total. The fourth-order valence-electron chi connectivity index (χ4n) is 1.56. The molecule has 0 spiro atoms. The van der Waals surface area contributed by atoms with E-state index < -0.39 is 0 Å². The van der Waals surface area contributed by atoms with E-state index >= 15 is 0 Å². The minimum atomic E-state index is 0.715. The molecule has 0 amide bonds. The van der Waals surface area contributed by atoms with Gasteiger partial charge in [-0.25, -0.2) is 4.98 Å². The lowest BCUT2D eigenvalue weighted by molar-refractivity contribution is 0.666. The molecule has 0 unspecified atom stereocenters. The fourth-order valence-corrected chi connectivity index (χ4v) is 1.56. The first-order chi connectivity index (χ1) is 7.78. The van der Waals surface area contributed by atoms with Crippen LogP contribution in [0.5, 0.6) is 0 Å². The lowest BCUT2D eigenvalue weighted by atomic mass is 10.3. The molecule has 2 rings (SSSR count). The number of hydrogen-bond donors (Lipinski definition) is 1. The Morgan fingerprint density at radius 1 is 1.31 bits per heavy atom. The first kappa shape index (κ1) is 10.7. The van der Waals surface area contributed by atoms with Crippen LogP contribution in [0.25, 0.3) is 0 Å². The van der Waals surface area contributed by atoms with Gasteiger partial charge in [-0.3, -0.25) is 4.68 Å². The van der Waals surface area contributed by atoms with E-state index in [9.17, 15) is 0 Å². The Balaban J connectivity index is 2.12. The molecule has 16 heavy (non-hydrogen) atoms. The second-order valence-electron chi connectivity index (χ2n) is 3.70. The molecule has 0 aliphatic rings. The number of hydrogen-bond acceptors (Lipinski definition) is 3. The molecule has 0 saturated heterocycles. The number of nitrogens with zero attached hydrogens (tertiary/aromatic N) is 3. The molecule has 4 heteroatoms. The zero-order chi connectivity index (χ0) is 11.4. The van der Waals surface area contributed by atoms with E-state index in [-0.39, 0.29) is 0 Å². The third kappa shape index (κ3) is 2.59. The Morgan fingerprint density at radius 3 is 2.88 bits per heavy atom. The number of anilines is 1. The molecule has 0 saturated carbocycles. The van der Waals surface area contributed by atoms with Crippen LogP contribution in [-0.4, -0.2) is 21.3 Å². The quantitative estimate of drug-likeness (QED) is 0.850. The molecule has 2 heterocycles. The summed E-state index contributed by atoms with van der Waals surface area (Å²) in [6.45, 7) is 5.65. The summed E-state index contributed by atoms with van der Waals surface area (Å²) in [6.07, 6.45) is 1.97. The summed E-state index contributed by atoms with van der Waals surface area (Å²) >= 11 is 0. The van der Waals surface area contributed by atoms with Crippen molar-refractivity contribution in [3.8, 4) is 0 Å². The molecule has 0 aliphatic heterocycles. The van der Waals surface area contributed by atoms with E-state index in [1.807, 2.05) is 42.1 Å². The Labute approximate surface area is 95.3 Å². The van der Waals surface area contributed by atoms with Crippen LogP contribution < -0.4 is 5.32 Å². The Bertz CT molecular complexity index is 462. The highest BCUT2D eigenvalue weighted by Gasteiger charge is 1.99. The van der Waals surface area contributed by atoms with Crippen molar-refractivity contribution in [2.45, 2.75) is 20.4 Å². The molecule has 1 N–H and O–H groups in total. The standard InChI is InChI=1S/C12H16N4/c1-3-13-12-6-4-5-11(14-12)9-16-8-7-10(2)15-16/h4-8H,3,9H2,1-2H3,(H,13,14). The molecule has 0 atom stereocenters. The zero-order valence-corrected chi connectivity index (χ0v) is 9.64. The van der Waals surface area contributed by atoms with Crippen LogP contribution in [0.4, 0.5) is 5.82 Å². The van der Waals surface area contributed by atoms with E-state index in [0.717, 1.165) is 23.8 Å². The van der Waals surface area contributed by atoms with Crippen molar-refractivity contribution >= 4 is 5.82 Å². The van der Waals surface area contributed by atoms with Gasteiger partial charge in [0.15, 0.2) is 0 Å². The summed E-state index contributed by atoms with van der Waals surface area (Å²) in [4.78, 5) is 4.50. The topological polar surface area (TPSA) is 42.7 Å². The second-order valence-corrected chi connectivity index (χ2v) is 3.70. The van der Waals surface area contributed by atoms with Gasteiger partial charge in [-0.1, -0.05) is 6.07 Å². The van der Waals surface area contributed by atoms with Gasteiger partial charge in [0.1, 0.15) is 5.82 Å². The molecule has 84 valence electrons. The second kappa shape index (κ2) is 4.79. The number of aromatic nitrogens is 3. The zero-order valence-electron chi connectivity index (χ0n) is 9.64. The minimum Gasteiger partial charge on any atom is -0.370 e. The maximum Gasteiger partial charge on any atom is 0.126 e. The molecule has 0 radical (unpaired) electrons. The summed E-state index contributed by atoms with van der Waals surface area (Å²) in [5.74, 6) is 0.920. The van der Waals surface area contributed by atoms with Gasteiger partial charge in [-0.2, -0.15) is 5.10 Å². The molecule has 0 bridgehead atoms. The number of aryl methyl sites for hydroxylation is 1. The largest absolute Gasteiger partial charge is 0.370 e. The maximum atomic E-state index is 4.50. The van der Waals surface area contributed by atoms with Crippen LogP contribution in [0.1, 0.15) is 18.3 Å². The third-order valence-corrected chi connectivity index (χ3v) is 2.26. The molecule has 0 aromatic carbocycles. The van der Waals surface area contributed by atoms with Gasteiger partial charge in [-0.15, -0.1) is 0 Å². The Kier molecular flexibility index (Phi) is 3.19. The third-order valence-electron chi connectivity index (χ3n) is 2.26. The Hall–Kier alpha value is -1.84. The highest BCUT2D eigenvalue weighted by atomic mass is 15.3. The van der Waals surface area contributed by atoms with Crippen LogP contribution in [0.2, 0.25) is 0 Å². The van der Waals surface area contributed by atoms with E-state index in [2.05, 4.69) is 22.3 Å². The summed E-state index contributed by atoms with van der Waals surface area (Å²) in [7, 11) is 0. The molecular formula is C12H16N4. The van der Waals surface area contributed by atoms with Gasteiger partial charge >= 0.3 is 0 Å². The summed E-state index contributed by atoms with van der Waals surface area (Å²) in [5.41, 5.74) is 2.05. The van der Waals surface area contributed by atoms with E-state index in [1.54, 1.807) is 0 Å². The van der Waals surface area contributed by atoms with Gasteiger partial charge in [0, 0.05) is 12.7 Å². The van der Waals surface area contributed by atoms with Gasteiger partial charge in [-0.05, 0) is 32.0 Å². The average molecular weight is 216 g/mol. The van der Waals surface area contributed by atoms with Gasteiger partial charge < -0.3 is 5.32 Å². The molecule has 0 aliphatic carbocycles. The fraction of sp³-hybridized carbons (Fsp3) is 0.333. The van der Waals surface area contributed by atoms with Gasteiger partial charge in [0.05, 0.1) is 17.9 Å². The van der Waals surface area contributed by atoms with Crippen molar-refractivity contribution in [1.82, 2.24) is 14.8 Å². The monoisotopic (exact) mass is 216 g/mol. The van der Waals surface area contributed by atoms with Gasteiger partial charge in [0.25, 0.3) is 0 Å². The van der Waals surface area contributed by atoms with Crippen LogP contribution in [-0.2, 0) is 6.54 Å². The summed E-state index contributed by atoms with van der Waals surface area (Å²) in [5, 5.41) is 7.54. The first-order valence-corrected chi connectivity index (χ1v) is 5.48.